The molecular weight excluding hydrogens is 292 g/mol. The Balaban J connectivity index is 2.54. The molecule has 0 saturated carbocycles. The Hall–Kier alpha value is -2.49. The van der Waals surface area contributed by atoms with Gasteiger partial charge < -0.3 is 14.6 Å². The summed E-state index contributed by atoms with van der Waals surface area (Å²) in [6.45, 7) is 10.0. The molecule has 0 radical (unpaired) electrons. The Morgan fingerprint density at radius 1 is 1.30 bits per heavy atom. The second-order valence-electron chi connectivity index (χ2n) is 6.15. The van der Waals surface area contributed by atoms with E-state index in [9.17, 15) is 15.0 Å². The van der Waals surface area contributed by atoms with Crippen molar-refractivity contribution >= 4 is 11.0 Å². The molecule has 0 aliphatic rings. The molecule has 1 aromatic carbocycles. The average molecular weight is 314 g/mol. The van der Waals surface area contributed by atoms with Crippen molar-refractivity contribution in [3.8, 4) is 11.5 Å². The minimum Gasteiger partial charge on any atom is -0.507 e. The highest BCUT2D eigenvalue weighted by atomic mass is 16.3. The Kier molecular flexibility index (Phi) is 4.94. The fourth-order valence-electron chi connectivity index (χ4n) is 2.57. The third-order valence-electron chi connectivity index (χ3n) is 3.95. The van der Waals surface area contributed by atoms with Gasteiger partial charge in [-0.15, -0.1) is 0 Å². The van der Waals surface area contributed by atoms with Gasteiger partial charge in [0.25, 0.3) is 0 Å². The summed E-state index contributed by atoms with van der Waals surface area (Å²) in [5.41, 5.74) is 2.62. The molecule has 1 atom stereocenters. The highest BCUT2D eigenvalue weighted by Crippen LogP contribution is 2.35. The molecule has 2 rings (SSSR count). The molecule has 0 saturated heterocycles. The third kappa shape index (κ3) is 3.65. The Morgan fingerprint density at radius 2 is 2.00 bits per heavy atom. The Labute approximate surface area is 135 Å². The summed E-state index contributed by atoms with van der Waals surface area (Å²) in [7, 11) is 0. The molecule has 0 fully saturated rings. The van der Waals surface area contributed by atoms with Crippen LogP contribution in [0.4, 0.5) is 0 Å². The fourth-order valence-corrected chi connectivity index (χ4v) is 2.57. The minimum atomic E-state index is -0.332. The van der Waals surface area contributed by atoms with Crippen LogP contribution in [0, 0.1) is 5.92 Å². The number of phenolic OH excluding ortho intramolecular Hbond substituents is 2. The lowest BCUT2D eigenvalue weighted by atomic mass is 9.89. The van der Waals surface area contributed by atoms with Gasteiger partial charge in [0.15, 0.2) is 5.43 Å². The van der Waals surface area contributed by atoms with E-state index in [0.29, 0.717) is 12.0 Å². The van der Waals surface area contributed by atoms with Crippen molar-refractivity contribution in [1.29, 1.82) is 0 Å². The van der Waals surface area contributed by atoms with E-state index in [2.05, 4.69) is 12.7 Å². The first-order valence-corrected chi connectivity index (χ1v) is 7.55. The quantitative estimate of drug-likeness (QED) is 0.807. The van der Waals surface area contributed by atoms with Crippen molar-refractivity contribution in [3.05, 3.63) is 58.0 Å². The molecule has 4 nitrogen and oxygen atoms in total. The van der Waals surface area contributed by atoms with E-state index in [1.807, 2.05) is 20.8 Å². The van der Waals surface area contributed by atoms with E-state index in [0.717, 1.165) is 12.0 Å². The normalized spacial score (nSPS) is 12.1. The van der Waals surface area contributed by atoms with Gasteiger partial charge in [-0.1, -0.05) is 23.8 Å². The van der Waals surface area contributed by atoms with Gasteiger partial charge >= 0.3 is 0 Å². The van der Waals surface area contributed by atoms with Crippen LogP contribution in [0.1, 0.15) is 32.8 Å². The summed E-state index contributed by atoms with van der Waals surface area (Å²) < 4.78 is 5.43. The van der Waals surface area contributed by atoms with Crippen LogP contribution in [0.3, 0.4) is 0 Å². The standard InChI is InChI=1S/C19H22O4/c1-11(2)5-6-13(12(3)4)9-14-16(21)10-17(22)18-15(20)7-8-23-19(14)18/h5,7-8,10,13,21-22H,3,6,9H2,1-2,4H3/t13-/m0/s1. The smallest absolute Gasteiger partial charge is 0.196 e. The van der Waals surface area contributed by atoms with Gasteiger partial charge in [-0.05, 0) is 39.5 Å². The Bertz CT molecular complexity index is 823. The van der Waals surface area contributed by atoms with Crippen LogP contribution in [-0.2, 0) is 6.42 Å². The molecule has 0 aliphatic carbocycles. The van der Waals surface area contributed by atoms with Gasteiger partial charge in [0.1, 0.15) is 22.5 Å². The van der Waals surface area contributed by atoms with E-state index < -0.39 is 0 Å². The van der Waals surface area contributed by atoms with E-state index in [1.54, 1.807) is 0 Å². The van der Waals surface area contributed by atoms with E-state index in [4.69, 9.17) is 4.42 Å². The maximum absolute atomic E-state index is 12.0. The van der Waals surface area contributed by atoms with Crippen LogP contribution >= 0.6 is 0 Å². The molecule has 23 heavy (non-hydrogen) atoms. The molecule has 0 aliphatic heterocycles. The predicted octanol–water partition coefficient (Wildman–Crippen LogP) is 4.30. The highest BCUT2D eigenvalue weighted by molar-refractivity contribution is 5.87. The van der Waals surface area contributed by atoms with Crippen molar-refractivity contribution in [3.63, 3.8) is 0 Å². The van der Waals surface area contributed by atoms with Gasteiger partial charge in [0, 0.05) is 17.7 Å². The lowest BCUT2D eigenvalue weighted by Crippen LogP contribution is -2.07. The molecule has 1 aromatic heterocycles. The topological polar surface area (TPSA) is 70.7 Å². The van der Waals surface area contributed by atoms with Crippen molar-refractivity contribution < 1.29 is 14.6 Å². The SMILES string of the molecule is C=C(C)[C@@H](CC=C(C)C)Cc1c(O)cc(O)c2c(=O)ccoc12. The van der Waals surface area contributed by atoms with Gasteiger partial charge in [-0.2, -0.15) is 0 Å². The molecule has 4 heteroatoms. The number of benzene rings is 1. The zero-order valence-electron chi connectivity index (χ0n) is 13.7. The molecular formula is C19H22O4. The molecule has 1 heterocycles. The van der Waals surface area contributed by atoms with Crippen molar-refractivity contribution in [2.75, 3.05) is 0 Å². The third-order valence-corrected chi connectivity index (χ3v) is 3.95. The zero-order valence-corrected chi connectivity index (χ0v) is 13.7. The monoisotopic (exact) mass is 314 g/mol. The second kappa shape index (κ2) is 6.73. The molecule has 0 spiro atoms. The number of phenols is 2. The summed E-state index contributed by atoms with van der Waals surface area (Å²) in [5.74, 6) is -0.242. The van der Waals surface area contributed by atoms with Crippen LogP contribution < -0.4 is 5.43 Å². The molecule has 2 N–H and O–H groups in total. The van der Waals surface area contributed by atoms with Gasteiger partial charge in [-0.25, -0.2) is 0 Å². The fraction of sp³-hybridized carbons (Fsp3) is 0.316. The molecule has 0 unspecified atom stereocenters. The minimum absolute atomic E-state index is 0.0761. The lowest BCUT2D eigenvalue weighted by Gasteiger charge is -2.17. The van der Waals surface area contributed by atoms with E-state index in [1.165, 1.54) is 24.0 Å². The summed E-state index contributed by atoms with van der Waals surface area (Å²) in [4.78, 5) is 12.0. The molecule has 122 valence electrons. The van der Waals surface area contributed by atoms with Gasteiger partial charge in [0.2, 0.25) is 0 Å². The predicted molar refractivity (Wildman–Crippen MR) is 91.9 cm³/mol. The van der Waals surface area contributed by atoms with Crippen molar-refractivity contribution in [2.24, 2.45) is 5.92 Å². The molecule has 0 bridgehead atoms. The van der Waals surface area contributed by atoms with Crippen molar-refractivity contribution in [2.45, 2.75) is 33.6 Å². The van der Waals surface area contributed by atoms with E-state index >= 15 is 0 Å². The molecule has 2 aromatic rings. The first-order chi connectivity index (χ1) is 10.8. The average Bonchev–Trinajstić information content (AvgIpc) is 2.45. The molecule has 0 amide bonds. The number of fused-ring (bicyclic) bond motifs is 1. The number of hydrogen-bond donors (Lipinski definition) is 2. The number of allylic oxidation sites excluding steroid dienone is 3. The zero-order chi connectivity index (χ0) is 17.1. The highest BCUT2D eigenvalue weighted by Gasteiger charge is 2.19. The summed E-state index contributed by atoms with van der Waals surface area (Å²) in [6, 6.07) is 2.45. The van der Waals surface area contributed by atoms with Crippen LogP contribution in [-0.4, -0.2) is 10.2 Å². The maximum atomic E-state index is 12.0. The van der Waals surface area contributed by atoms with Gasteiger partial charge in [-0.3, -0.25) is 4.79 Å². The van der Waals surface area contributed by atoms with Crippen molar-refractivity contribution in [1.82, 2.24) is 0 Å². The van der Waals surface area contributed by atoms with Crippen LogP contribution in [0.2, 0.25) is 0 Å². The number of rotatable bonds is 5. The van der Waals surface area contributed by atoms with Gasteiger partial charge in [0.05, 0.1) is 6.26 Å². The summed E-state index contributed by atoms with van der Waals surface area (Å²) >= 11 is 0. The number of hydrogen-bond acceptors (Lipinski definition) is 4. The number of aromatic hydroxyl groups is 2. The maximum Gasteiger partial charge on any atom is 0.196 e. The lowest BCUT2D eigenvalue weighted by molar-refractivity contribution is 0.442. The largest absolute Gasteiger partial charge is 0.507 e. The van der Waals surface area contributed by atoms with Crippen LogP contribution in [0.5, 0.6) is 11.5 Å². The Morgan fingerprint density at radius 3 is 2.61 bits per heavy atom. The van der Waals surface area contributed by atoms with Crippen LogP contribution in [0.15, 0.2) is 51.4 Å². The summed E-state index contributed by atoms with van der Waals surface area (Å²) in [6.07, 6.45) is 4.67. The van der Waals surface area contributed by atoms with E-state index in [-0.39, 0.29) is 33.8 Å². The second-order valence-corrected chi connectivity index (χ2v) is 6.15. The summed E-state index contributed by atoms with van der Waals surface area (Å²) in [5, 5.41) is 20.3. The van der Waals surface area contributed by atoms with Crippen LogP contribution in [0.25, 0.3) is 11.0 Å². The first-order valence-electron chi connectivity index (χ1n) is 7.55. The first kappa shape index (κ1) is 16.9.